The zero-order valence-corrected chi connectivity index (χ0v) is 13.2. The molecule has 0 spiro atoms. The number of nitrogens with two attached hydrogens (primary N) is 1. The first-order chi connectivity index (χ1) is 9.70. The molecule has 0 unspecified atom stereocenters. The molecule has 21 heavy (non-hydrogen) atoms. The Morgan fingerprint density at radius 1 is 1.29 bits per heavy atom. The summed E-state index contributed by atoms with van der Waals surface area (Å²) >= 11 is 0. The molecule has 1 fully saturated rings. The maximum absolute atomic E-state index is 12.3. The van der Waals surface area contributed by atoms with E-state index in [0.29, 0.717) is 6.61 Å². The van der Waals surface area contributed by atoms with Gasteiger partial charge in [0.25, 0.3) is 0 Å². The third-order valence-corrected chi connectivity index (χ3v) is 5.78. The Morgan fingerprint density at radius 2 is 1.95 bits per heavy atom. The van der Waals surface area contributed by atoms with Crippen molar-refractivity contribution in [1.29, 1.82) is 0 Å². The molecule has 7 nitrogen and oxygen atoms in total. The van der Waals surface area contributed by atoms with Crippen LogP contribution in [0.15, 0.2) is 34.1 Å². The average Bonchev–Trinajstić information content (AvgIpc) is 2.91. The quantitative estimate of drug-likeness (QED) is 0.797. The molecule has 0 amide bonds. The second kappa shape index (κ2) is 6.01. The van der Waals surface area contributed by atoms with Gasteiger partial charge in [-0.2, -0.15) is 0 Å². The van der Waals surface area contributed by atoms with Gasteiger partial charge in [0.1, 0.15) is 0 Å². The molecule has 1 heterocycles. The van der Waals surface area contributed by atoms with Gasteiger partial charge in [0.2, 0.25) is 20.0 Å². The molecule has 9 heteroatoms. The number of rotatable bonds is 5. The Balaban J connectivity index is 2.23. The zero-order chi connectivity index (χ0) is 15.7. The van der Waals surface area contributed by atoms with Gasteiger partial charge < -0.3 is 4.74 Å². The Hall–Kier alpha value is -1.00. The third-order valence-electron chi connectivity index (χ3n) is 3.31. The summed E-state index contributed by atoms with van der Waals surface area (Å²) in [5.41, 5.74) is 0. The molecule has 0 aromatic heterocycles. The van der Waals surface area contributed by atoms with Crippen molar-refractivity contribution in [2.45, 2.75) is 41.7 Å². The Kier molecular flexibility index (Phi) is 4.69. The van der Waals surface area contributed by atoms with Gasteiger partial charge in [-0.25, -0.2) is 26.7 Å². The molecule has 0 bridgehead atoms. The Bertz CT molecular complexity index is 709. The first-order valence-corrected chi connectivity index (χ1v) is 9.50. The van der Waals surface area contributed by atoms with Crippen LogP contribution in [0, 0.1) is 0 Å². The van der Waals surface area contributed by atoms with Gasteiger partial charge in [-0.15, -0.1) is 0 Å². The summed E-state index contributed by atoms with van der Waals surface area (Å²) in [6, 6.07) is 4.55. The van der Waals surface area contributed by atoms with Crippen LogP contribution in [-0.2, 0) is 24.8 Å². The highest BCUT2D eigenvalue weighted by molar-refractivity contribution is 7.90. The van der Waals surface area contributed by atoms with Crippen LogP contribution in [0.5, 0.6) is 0 Å². The molecule has 1 aromatic rings. The zero-order valence-electron chi connectivity index (χ0n) is 11.5. The molecule has 2 rings (SSSR count). The molecule has 3 N–H and O–H groups in total. The second-order valence-corrected chi connectivity index (χ2v) is 8.26. The van der Waals surface area contributed by atoms with Gasteiger partial charge in [0, 0.05) is 12.6 Å². The van der Waals surface area contributed by atoms with E-state index in [0.717, 1.165) is 18.9 Å². The standard InChI is InChI=1S/C12H18N2O5S2/c1-9(12-6-3-7-19-12)14-21(17,18)11-5-2-4-10(8-11)20(13,15)16/h2,4-5,8-9,12,14H,3,6-7H2,1H3,(H2,13,15,16)/t9-,12-/m1/s1. The van der Waals surface area contributed by atoms with Crippen LogP contribution in [0.2, 0.25) is 0 Å². The van der Waals surface area contributed by atoms with Crippen LogP contribution in [0.3, 0.4) is 0 Å². The number of hydrogen-bond acceptors (Lipinski definition) is 5. The van der Waals surface area contributed by atoms with Gasteiger partial charge in [0.05, 0.1) is 15.9 Å². The fourth-order valence-electron chi connectivity index (χ4n) is 2.20. The summed E-state index contributed by atoms with van der Waals surface area (Å²) in [6.45, 7) is 2.34. The lowest BCUT2D eigenvalue weighted by Gasteiger charge is -2.20. The molecule has 0 saturated carbocycles. The predicted octanol–water partition coefficient (Wildman–Crippen LogP) is 0.180. The number of ether oxygens (including phenoxy) is 1. The minimum atomic E-state index is -3.95. The molecule has 2 atom stereocenters. The molecule has 0 aliphatic carbocycles. The van der Waals surface area contributed by atoms with Crippen LogP contribution >= 0.6 is 0 Å². The first kappa shape index (κ1) is 16.4. The lowest BCUT2D eigenvalue weighted by Crippen LogP contribution is -2.40. The van der Waals surface area contributed by atoms with E-state index in [-0.39, 0.29) is 15.9 Å². The van der Waals surface area contributed by atoms with E-state index in [1.54, 1.807) is 6.92 Å². The number of sulfonamides is 2. The van der Waals surface area contributed by atoms with Gasteiger partial charge >= 0.3 is 0 Å². The summed E-state index contributed by atoms with van der Waals surface area (Å²) in [5.74, 6) is 0. The second-order valence-electron chi connectivity index (χ2n) is 4.98. The summed E-state index contributed by atoms with van der Waals surface area (Å²) in [5, 5.41) is 5.01. The fraction of sp³-hybridized carbons (Fsp3) is 0.500. The van der Waals surface area contributed by atoms with Crippen LogP contribution in [0.4, 0.5) is 0 Å². The third kappa shape index (κ3) is 4.01. The smallest absolute Gasteiger partial charge is 0.240 e. The van der Waals surface area contributed by atoms with E-state index in [4.69, 9.17) is 9.88 Å². The highest BCUT2D eigenvalue weighted by Crippen LogP contribution is 2.19. The normalized spacial score (nSPS) is 21.3. The van der Waals surface area contributed by atoms with Crippen LogP contribution in [0.1, 0.15) is 19.8 Å². The van der Waals surface area contributed by atoms with Crippen LogP contribution < -0.4 is 9.86 Å². The minimum absolute atomic E-state index is 0.140. The fourth-order valence-corrected chi connectivity index (χ4v) is 4.16. The van der Waals surface area contributed by atoms with Crippen molar-refractivity contribution in [3.05, 3.63) is 24.3 Å². The van der Waals surface area contributed by atoms with Gasteiger partial charge in [0.15, 0.2) is 0 Å². The topological polar surface area (TPSA) is 116 Å². The van der Waals surface area contributed by atoms with E-state index in [9.17, 15) is 16.8 Å². The maximum Gasteiger partial charge on any atom is 0.240 e. The molecule has 0 radical (unpaired) electrons. The molecule has 118 valence electrons. The average molecular weight is 334 g/mol. The summed E-state index contributed by atoms with van der Waals surface area (Å²) < 4.78 is 55.1. The first-order valence-electron chi connectivity index (χ1n) is 6.47. The van der Waals surface area contributed by atoms with Gasteiger partial charge in [-0.1, -0.05) is 6.07 Å². The van der Waals surface area contributed by atoms with E-state index in [1.807, 2.05) is 0 Å². The largest absolute Gasteiger partial charge is 0.377 e. The van der Waals surface area contributed by atoms with Gasteiger partial charge in [-0.3, -0.25) is 0 Å². The van der Waals surface area contributed by atoms with E-state index in [2.05, 4.69) is 4.72 Å². The highest BCUT2D eigenvalue weighted by atomic mass is 32.2. The number of benzene rings is 1. The number of primary sulfonamides is 1. The summed E-state index contributed by atoms with van der Waals surface area (Å²) in [7, 11) is -7.78. The van der Waals surface area contributed by atoms with Crippen molar-refractivity contribution in [3.63, 3.8) is 0 Å². The lowest BCUT2D eigenvalue weighted by molar-refractivity contribution is 0.0902. The molecule has 1 aliphatic heterocycles. The summed E-state index contributed by atoms with van der Waals surface area (Å²) in [6.07, 6.45) is 1.53. The molecule has 1 aliphatic rings. The molecule has 1 saturated heterocycles. The van der Waals surface area contributed by atoms with Crippen molar-refractivity contribution in [2.75, 3.05) is 6.61 Å². The van der Waals surface area contributed by atoms with E-state index in [1.165, 1.54) is 18.2 Å². The van der Waals surface area contributed by atoms with E-state index < -0.39 is 26.1 Å². The van der Waals surface area contributed by atoms with Crippen molar-refractivity contribution < 1.29 is 21.6 Å². The SMILES string of the molecule is C[C@@H](NS(=O)(=O)c1cccc(S(N)(=O)=O)c1)[C@H]1CCCO1. The van der Waals surface area contributed by atoms with Crippen molar-refractivity contribution in [1.82, 2.24) is 4.72 Å². The van der Waals surface area contributed by atoms with Crippen LogP contribution in [-0.4, -0.2) is 35.6 Å². The Labute approximate surface area is 124 Å². The van der Waals surface area contributed by atoms with Gasteiger partial charge in [-0.05, 0) is 38.0 Å². The molecular weight excluding hydrogens is 316 g/mol. The number of nitrogens with one attached hydrogen (secondary N) is 1. The summed E-state index contributed by atoms with van der Waals surface area (Å²) in [4.78, 5) is -0.381. The highest BCUT2D eigenvalue weighted by Gasteiger charge is 2.27. The maximum atomic E-state index is 12.3. The van der Waals surface area contributed by atoms with Crippen molar-refractivity contribution in [2.24, 2.45) is 5.14 Å². The monoisotopic (exact) mass is 334 g/mol. The number of hydrogen-bond donors (Lipinski definition) is 2. The van der Waals surface area contributed by atoms with Crippen molar-refractivity contribution in [3.8, 4) is 0 Å². The minimum Gasteiger partial charge on any atom is -0.377 e. The molecule has 1 aromatic carbocycles. The molecular formula is C12H18N2O5S2. The van der Waals surface area contributed by atoms with Crippen LogP contribution in [0.25, 0.3) is 0 Å². The Morgan fingerprint density at radius 3 is 2.52 bits per heavy atom. The lowest BCUT2D eigenvalue weighted by atomic mass is 10.1. The van der Waals surface area contributed by atoms with Crippen molar-refractivity contribution >= 4 is 20.0 Å². The van der Waals surface area contributed by atoms with E-state index >= 15 is 0 Å². The predicted molar refractivity (Wildman–Crippen MR) is 76.6 cm³/mol.